The van der Waals surface area contributed by atoms with E-state index in [2.05, 4.69) is 20.9 Å². The van der Waals surface area contributed by atoms with Crippen LogP contribution in [0.4, 0.5) is 9.59 Å². The number of rotatable bonds is 10. The lowest BCUT2D eigenvalue weighted by Crippen LogP contribution is -2.72. The summed E-state index contributed by atoms with van der Waals surface area (Å²) in [5.74, 6) is -2.02. The molecule has 4 aliphatic rings. The van der Waals surface area contributed by atoms with Gasteiger partial charge >= 0.3 is 24.1 Å². The Kier molecular flexibility index (Phi) is 10.8. The van der Waals surface area contributed by atoms with Crippen molar-refractivity contribution in [3.05, 3.63) is 11.9 Å². The predicted molar refractivity (Wildman–Crippen MR) is 194 cm³/mol. The van der Waals surface area contributed by atoms with Crippen molar-refractivity contribution in [3.63, 3.8) is 0 Å². The second-order valence-electron chi connectivity index (χ2n) is 17.2. The van der Waals surface area contributed by atoms with Crippen molar-refractivity contribution in [1.29, 1.82) is 0 Å². The lowest BCUT2D eigenvalue weighted by Gasteiger charge is -2.45. The first-order chi connectivity index (χ1) is 24.4. The fourth-order valence-electron chi connectivity index (χ4n) is 7.47. The molecule has 2 unspecified atom stereocenters. The van der Waals surface area contributed by atoms with Crippen molar-refractivity contribution in [2.75, 3.05) is 6.61 Å². The van der Waals surface area contributed by atoms with Gasteiger partial charge < -0.3 is 39.4 Å². The molecular formula is C34H51N7O10S2. The smallest absolute Gasteiger partial charge is 0.408 e. The van der Waals surface area contributed by atoms with Crippen molar-refractivity contribution in [3.8, 4) is 0 Å². The molecule has 5 heterocycles. The molecule has 19 heteroatoms. The number of aryl methyl sites for hydroxylation is 1. The van der Waals surface area contributed by atoms with Crippen molar-refractivity contribution in [1.82, 2.24) is 35.4 Å². The highest BCUT2D eigenvalue weighted by atomic mass is 32.1. The van der Waals surface area contributed by atoms with Crippen LogP contribution in [0, 0.1) is 10.8 Å². The molecule has 4 amide bonds. The van der Waals surface area contributed by atoms with Crippen LogP contribution in [-0.4, -0.2) is 125 Å². The highest BCUT2D eigenvalue weighted by molar-refractivity contribution is 7.81. The average Bonchev–Trinajstić information content (AvgIpc) is 3.61. The van der Waals surface area contributed by atoms with E-state index in [-0.39, 0.29) is 13.2 Å². The summed E-state index contributed by atoms with van der Waals surface area (Å²) in [4.78, 5) is 80.4. The molecular weight excluding hydrogens is 731 g/mol. The molecule has 5 rings (SSSR count). The second kappa shape index (κ2) is 14.2. The first-order valence-corrected chi connectivity index (χ1v) is 18.6. The summed E-state index contributed by atoms with van der Waals surface area (Å²) in [6.45, 7) is 17.8. The van der Waals surface area contributed by atoms with Gasteiger partial charge in [-0.1, -0.05) is 32.9 Å². The van der Waals surface area contributed by atoms with Crippen molar-refractivity contribution < 1.29 is 47.7 Å². The van der Waals surface area contributed by atoms with Gasteiger partial charge in [0.15, 0.2) is 0 Å². The molecule has 294 valence electrons. The molecule has 1 aromatic heterocycles. The van der Waals surface area contributed by atoms with Gasteiger partial charge in [0.2, 0.25) is 11.8 Å². The zero-order valence-corrected chi connectivity index (χ0v) is 33.5. The average molecular weight is 782 g/mol. The van der Waals surface area contributed by atoms with E-state index in [4.69, 9.17) is 44.2 Å². The number of thiol groups is 2. The Labute approximate surface area is 319 Å². The Hall–Kier alpha value is -3.74. The molecule has 8 atom stereocenters. The van der Waals surface area contributed by atoms with Crippen LogP contribution in [0.3, 0.4) is 0 Å². The maximum absolute atomic E-state index is 13.4. The normalized spacial score (nSPS) is 29.7. The van der Waals surface area contributed by atoms with Crippen LogP contribution in [0.2, 0.25) is 0 Å². The van der Waals surface area contributed by atoms with Crippen molar-refractivity contribution in [2.45, 2.75) is 147 Å². The Morgan fingerprint density at radius 2 is 1.21 bits per heavy atom. The molecule has 0 saturated carbocycles. The Morgan fingerprint density at radius 1 is 0.774 bits per heavy atom. The van der Waals surface area contributed by atoms with Gasteiger partial charge in [-0.2, -0.15) is 25.3 Å². The first kappa shape index (κ1) is 40.4. The number of esters is 2. The monoisotopic (exact) mass is 781 g/mol. The maximum Gasteiger partial charge on any atom is 0.408 e. The number of hydrogen-bond acceptors (Lipinski definition) is 14. The molecule has 1 aromatic rings. The molecule has 0 radical (unpaired) electrons. The van der Waals surface area contributed by atoms with Gasteiger partial charge in [-0.15, -0.1) is 5.10 Å². The number of alkyl carbamates (subject to hydrolysis) is 2. The molecule has 4 fully saturated rings. The SMILES string of the molecule is CC(C)(C)OC(=O)N[C@H]1C(=O)N2[C@H]1C(S)C(C)(C)[C@H]2C(=O)OCCCn1cc(COC(=O)[C@H]2N3C(=O)[C@H](NC(=O)OC(C)(C)C)[C@@H]3C(S)C2(C)C)nn1. The highest BCUT2D eigenvalue weighted by Gasteiger charge is 2.69. The lowest BCUT2D eigenvalue weighted by atomic mass is 9.82. The summed E-state index contributed by atoms with van der Waals surface area (Å²) in [5, 5.41) is 12.5. The topological polar surface area (TPSA) is 201 Å². The van der Waals surface area contributed by atoms with E-state index in [1.807, 2.05) is 27.7 Å². The van der Waals surface area contributed by atoms with Crippen molar-refractivity contribution in [2.24, 2.45) is 10.8 Å². The van der Waals surface area contributed by atoms with E-state index in [0.29, 0.717) is 18.7 Å². The summed E-state index contributed by atoms with van der Waals surface area (Å²) >= 11 is 9.45. The Bertz CT molecular complexity index is 1650. The van der Waals surface area contributed by atoms with Crippen LogP contribution in [0.15, 0.2) is 6.20 Å². The van der Waals surface area contributed by atoms with Gasteiger partial charge in [0.1, 0.15) is 47.7 Å². The lowest BCUT2D eigenvalue weighted by molar-refractivity contribution is -0.166. The number of carbonyl (C=O) groups is 6. The molecule has 53 heavy (non-hydrogen) atoms. The van der Waals surface area contributed by atoms with E-state index < -0.39 is 105 Å². The summed E-state index contributed by atoms with van der Waals surface area (Å²) in [5.41, 5.74) is -2.63. The molecule has 0 aromatic carbocycles. The number of β-lactam (4-membered cyclic amide) rings is 2. The van der Waals surface area contributed by atoms with Gasteiger partial charge in [0.05, 0.1) is 24.9 Å². The van der Waals surface area contributed by atoms with Crippen LogP contribution in [0.5, 0.6) is 0 Å². The number of amides is 4. The van der Waals surface area contributed by atoms with Crippen LogP contribution >= 0.6 is 25.3 Å². The minimum absolute atomic E-state index is 0.0373. The number of ether oxygens (including phenoxy) is 4. The maximum atomic E-state index is 13.4. The zero-order chi connectivity index (χ0) is 39.6. The van der Waals surface area contributed by atoms with Gasteiger partial charge in [-0.3, -0.25) is 14.3 Å². The molecule has 0 spiro atoms. The fourth-order valence-corrected chi connectivity index (χ4v) is 8.38. The van der Waals surface area contributed by atoms with Crippen molar-refractivity contribution >= 4 is 61.2 Å². The molecule has 2 N–H and O–H groups in total. The van der Waals surface area contributed by atoms with E-state index >= 15 is 0 Å². The number of fused-ring (bicyclic) bond motifs is 2. The van der Waals surface area contributed by atoms with Gasteiger partial charge in [0, 0.05) is 34.3 Å². The van der Waals surface area contributed by atoms with Gasteiger partial charge in [0.25, 0.3) is 0 Å². The van der Waals surface area contributed by atoms with Crippen LogP contribution in [-0.2, 0) is 51.3 Å². The van der Waals surface area contributed by atoms with Crippen LogP contribution < -0.4 is 10.6 Å². The third kappa shape index (κ3) is 7.77. The molecule has 17 nitrogen and oxygen atoms in total. The van der Waals surface area contributed by atoms with E-state index in [0.717, 1.165) is 0 Å². The summed E-state index contributed by atoms with van der Waals surface area (Å²) in [6, 6.07) is -4.57. The second-order valence-corrected chi connectivity index (χ2v) is 18.3. The summed E-state index contributed by atoms with van der Waals surface area (Å²) in [7, 11) is 0. The highest BCUT2D eigenvalue weighted by Crippen LogP contribution is 2.51. The zero-order valence-electron chi connectivity index (χ0n) is 31.7. The molecule has 0 bridgehead atoms. The molecule has 4 saturated heterocycles. The number of carbonyl (C=O) groups excluding carboxylic acids is 6. The molecule has 0 aliphatic carbocycles. The molecule has 4 aliphatic heterocycles. The minimum atomic E-state index is -0.930. The number of aromatic nitrogens is 3. The van der Waals surface area contributed by atoms with E-state index in [1.54, 1.807) is 47.7 Å². The predicted octanol–water partition coefficient (Wildman–Crippen LogP) is 1.88. The van der Waals surface area contributed by atoms with E-state index in [1.165, 1.54) is 14.5 Å². The largest absolute Gasteiger partial charge is 0.464 e. The first-order valence-electron chi connectivity index (χ1n) is 17.6. The standard InChI is InChI=1S/C34H51N7O10S2/c1-31(2,3)50-29(46)35-17-19-23(52)33(7,8)21(40(19)25(17)42)27(44)48-13-11-12-39-14-16(37-38-39)15-49-28(45)22-34(9,10)24(53)20-18(26(43)41(20)22)36-30(47)51-32(4,5)6/h14,17-24,52-53H,11-13,15H2,1-10H3,(H,35,46)(H,36,47)/t17-,18-,19-,20-,21-,22-,23?,24?/m1/s1. The minimum Gasteiger partial charge on any atom is -0.464 e. The third-order valence-corrected chi connectivity index (χ3v) is 12.0. The van der Waals surface area contributed by atoms with Crippen LogP contribution in [0.25, 0.3) is 0 Å². The summed E-state index contributed by atoms with van der Waals surface area (Å²) < 4.78 is 23.3. The number of nitrogens with one attached hydrogen (secondary N) is 2. The Morgan fingerprint density at radius 3 is 1.64 bits per heavy atom. The third-order valence-electron chi connectivity index (χ3n) is 10.0. The Balaban J connectivity index is 1.08. The summed E-state index contributed by atoms with van der Waals surface area (Å²) in [6.07, 6.45) is 0.532. The van der Waals surface area contributed by atoms with E-state index in [9.17, 15) is 28.8 Å². The number of nitrogens with zero attached hydrogens (tertiary/aromatic N) is 5. The quantitative estimate of drug-likeness (QED) is 0.0885. The van der Waals surface area contributed by atoms with Crippen LogP contribution in [0.1, 0.15) is 81.4 Å². The van der Waals surface area contributed by atoms with Gasteiger partial charge in [-0.05, 0) is 41.5 Å². The van der Waals surface area contributed by atoms with Gasteiger partial charge in [-0.25, -0.2) is 19.2 Å². The number of hydrogen-bond donors (Lipinski definition) is 4. The fraction of sp³-hybridized carbons (Fsp3) is 0.765.